The highest BCUT2D eigenvalue weighted by molar-refractivity contribution is 9.10. The monoisotopic (exact) mass is 614 g/mol. The number of benzene rings is 2. The molecule has 10 heteroatoms. The van der Waals surface area contributed by atoms with Crippen molar-refractivity contribution in [1.29, 1.82) is 0 Å². The summed E-state index contributed by atoms with van der Waals surface area (Å²) < 4.78 is 28.5. The molecule has 0 spiro atoms. The number of hydrogen-bond acceptors (Lipinski definition) is 7. The van der Waals surface area contributed by atoms with Gasteiger partial charge in [0.1, 0.15) is 11.5 Å². The third kappa shape index (κ3) is 8.49. The summed E-state index contributed by atoms with van der Waals surface area (Å²) in [6, 6.07) is 9.82. The fourth-order valence-electron chi connectivity index (χ4n) is 3.46. The van der Waals surface area contributed by atoms with Crippen molar-refractivity contribution in [3.05, 3.63) is 56.5 Å². The van der Waals surface area contributed by atoms with Crippen molar-refractivity contribution in [1.82, 2.24) is 0 Å². The first-order valence-corrected chi connectivity index (χ1v) is 12.9. The standard InChI is InChI=1S/C13H15BrO4.C12H13BrO4/c1-16-13(15)9-5-6-10(14)11(8-9)18-12-4-2-3-7-17-12;13-9-5-4-8(12(14)15)7-10(9)17-11-3-1-2-6-16-11/h5-6,8,12H,2-4,7H2,1H3;4-5,7,11H,1-3,6H2,(H,14,15). The minimum Gasteiger partial charge on any atom is -0.478 e. The Morgan fingerprint density at radius 1 is 0.829 bits per heavy atom. The van der Waals surface area contributed by atoms with E-state index in [1.165, 1.54) is 19.2 Å². The number of aromatic carboxylic acids is 1. The average molecular weight is 616 g/mol. The van der Waals surface area contributed by atoms with E-state index in [-0.39, 0.29) is 24.1 Å². The molecule has 35 heavy (non-hydrogen) atoms. The molecule has 0 aromatic heterocycles. The van der Waals surface area contributed by atoms with Crippen LogP contribution in [0.15, 0.2) is 45.3 Å². The molecule has 4 rings (SSSR count). The number of carboxylic acids is 1. The first-order valence-electron chi connectivity index (χ1n) is 11.3. The van der Waals surface area contributed by atoms with Crippen molar-refractivity contribution < 1.29 is 38.4 Å². The van der Waals surface area contributed by atoms with Gasteiger partial charge in [0, 0.05) is 12.8 Å². The number of hydrogen-bond donors (Lipinski definition) is 1. The molecule has 0 saturated carbocycles. The highest BCUT2D eigenvalue weighted by atomic mass is 79.9. The Hall–Kier alpha value is -2.14. The Morgan fingerprint density at radius 2 is 1.31 bits per heavy atom. The summed E-state index contributed by atoms with van der Waals surface area (Å²) in [6.07, 6.45) is 5.49. The van der Waals surface area contributed by atoms with Crippen LogP contribution >= 0.6 is 31.9 Å². The van der Waals surface area contributed by atoms with Crippen LogP contribution in [-0.4, -0.2) is 49.9 Å². The number of carbonyl (C=O) groups excluding carboxylic acids is 1. The van der Waals surface area contributed by atoms with Crippen LogP contribution < -0.4 is 9.47 Å². The molecule has 2 saturated heterocycles. The van der Waals surface area contributed by atoms with E-state index in [9.17, 15) is 9.59 Å². The van der Waals surface area contributed by atoms with Gasteiger partial charge in [0.2, 0.25) is 0 Å². The smallest absolute Gasteiger partial charge is 0.337 e. The van der Waals surface area contributed by atoms with Crippen LogP contribution in [-0.2, 0) is 14.2 Å². The number of rotatable bonds is 6. The van der Waals surface area contributed by atoms with Gasteiger partial charge in [-0.05, 0) is 93.9 Å². The van der Waals surface area contributed by atoms with Crippen molar-refractivity contribution in [3.63, 3.8) is 0 Å². The third-order valence-corrected chi connectivity index (χ3v) is 6.63. The van der Waals surface area contributed by atoms with Crippen molar-refractivity contribution in [2.45, 2.75) is 51.1 Å². The maximum Gasteiger partial charge on any atom is 0.337 e. The zero-order valence-corrected chi connectivity index (χ0v) is 22.5. The van der Waals surface area contributed by atoms with Crippen molar-refractivity contribution >= 4 is 43.8 Å². The van der Waals surface area contributed by atoms with Crippen LogP contribution in [0.2, 0.25) is 0 Å². The Kier molecular flexibility index (Phi) is 10.8. The van der Waals surface area contributed by atoms with Gasteiger partial charge in [-0.25, -0.2) is 9.59 Å². The first kappa shape index (κ1) is 27.4. The second-order valence-corrected chi connectivity index (χ2v) is 9.62. The molecule has 8 nitrogen and oxygen atoms in total. The summed E-state index contributed by atoms with van der Waals surface area (Å²) in [5, 5.41) is 8.90. The van der Waals surface area contributed by atoms with Gasteiger partial charge < -0.3 is 28.8 Å². The van der Waals surface area contributed by atoms with E-state index in [1.54, 1.807) is 24.3 Å². The van der Waals surface area contributed by atoms with Crippen molar-refractivity contribution in [2.75, 3.05) is 20.3 Å². The minimum absolute atomic E-state index is 0.207. The van der Waals surface area contributed by atoms with Crippen LogP contribution in [0.5, 0.6) is 11.5 Å². The molecular formula is C25H28Br2O8. The molecule has 2 aromatic carbocycles. The van der Waals surface area contributed by atoms with Gasteiger partial charge in [-0.2, -0.15) is 0 Å². The number of methoxy groups -OCH3 is 1. The van der Waals surface area contributed by atoms with E-state index >= 15 is 0 Å². The molecule has 1 N–H and O–H groups in total. The van der Waals surface area contributed by atoms with E-state index < -0.39 is 5.97 Å². The summed E-state index contributed by atoms with van der Waals surface area (Å²) in [5.41, 5.74) is 0.672. The van der Waals surface area contributed by atoms with Gasteiger partial charge in [0.05, 0.1) is 40.4 Å². The topological polar surface area (TPSA) is 101 Å². The predicted molar refractivity (Wildman–Crippen MR) is 135 cm³/mol. The zero-order valence-electron chi connectivity index (χ0n) is 19.3. The number of halogens is 2. The van der Waals surface area contributed by atoms with E-state index in [1.807, 2.05) is 0 Å². The molecule has 2 heterocycles. The lowest BCUT2D eigenvalue weighted by molar-refractivity contribution is -0.106. The SMILES string of the molecule is COC(=O)c1ccc(Br)c(OC2CCCCO2)c1.O=C(O)c1ccc(Br)c(OC2CCCCO2)c1. The summed E-state index contributed by atoms with van der Waals surface area (Å²) >= 11 is 6.73. The number of esters is 1. The molecule has 0 bridgehead atoms. The summed E-state index contributed by atoms with van der Waals surface area (Å²) in [6.45, 7) is 1.42. The summed E-state index contributed by atoms with van der Waals surface area (Å²) in [4.78, 5) is 22.3. The molecule has 2 aliphatic heterocycles. The molecule has 0 aliphatic carbocycles. The van der Waals surface area contributed by atoms with E-state index in [0.29, 0.717) is 23.7 Å². The van der Waals surface area contributed by atoms with Gasteiger partial charge in [0.15, 0.2) is 12.6 Å². The highest BCUT2D eigenvalue weighted by Crippen LogP contribution is 2.30. The molecule has 2 atom stereocenters. The molecule has 2 aliphatic rings. The van der Waals surface area contributed by atoms with Gasteiger partial charge in [-0.1, -0.05) is 0 Å². The van der Waals surface area contributed by atoms with Crippen molar-refractivity contribution in [2.24, 2.45) is 0 Å². The zero-order chi connectivity index (χ0) is 25.2. The van der Waals surface area contributed by atoms with Crippen LogP contribution in [0.3, 0.4) is 0 Å². The van der Waals surface area contributed by atoms with Gasteiger partial charge >= 0.3 is 11.9 Å². The Bertz CT molecular complexity index is 1000. The minimum atomic E-state index is -0.966. The molecule has 190 valence electrons. The lowest BCUT2D eigenvalue weighted by atomic mass is 10.2. The molecule has 0 radical (unpaired) electrons. The first-order chi connectivity index (χ1) is 16.9. The quantitative estimate of drug-likeness (QED) is 0.384. The van der Waals surface area contributed by atoms with Crippen LogP contribution in [0.4, 0.5) is 0 Å². The van der Waals surface area contributed by atoms with E-state index in [2.05, 4.69) is 36.6 Å². The summed E-state index contributed by atoms with van der Waals surface area (Å²) in [5.74, 6) is -0.231. The highest BCUT2D eigenvalue weighted by Gasteiger charge is 2.19. The molecular weight excluding hydrogens is 588 g/mol. The van der Waals surface area contributed by atoms with Crippen molar-refractivity contribution in [3.8, 4) is 11.5 Å². The van der Waals surface area contributed by atoms with E-state index in [0.717, 1.165) is 54.1 Å². The fourth-order valence-corrected chi connectivity index (χ4v) is 4.14. The lowest BCUT2D eigenvalue weighted by Crippen LogP contribution is -2.25. The van der Waals surface area contributed by atoms with E-state index in [4.69, 9.17) is 24.1 Å². The van der Waals surface area contributed by atoms with Crippen LogP contribution in [0.25, 0.3) is 0 Å². The normalized spacial score (nSPS) is 19.6. The van der Waals surface area contributed by atoms with Gasteiger partial charge in [-0.15, -0.1) is 0 Å². The van der Waals surface area contributed by atoms with Gasteiger partial charge in [0.25, 0.3) is 0 Å². The molecule has 2 unspecified atom stereocenters. The average Bonchev–Trinajstić information content (AvgIpc) is 2.88. The second-order valence-electron chi connectivity index (χ2n) is 7.92. The maximum atomic E-state index is 11.4. The summed E-state index contributed by atoms with van der Waals surface area (Å²) in [7, 11) is 1.36. The van der Waals surface area contributed by atoms with Crippen LogP contribution in [0, 0.1) is 0 Å². The Morgan fingerprint density at radius 3 is 1.74 bits per heavy atom. The maximum absolute atomic E-state index is 11.4. The largest absolute Gasteiger partial charge is 0.478 e. The molecule has 2 aromatic rings. The Labute approximate surface area is 221 Å². The molecule has 0 amide bonds. The fraction of sp³-hybridized carbons (Fsp3) is 0.440. The predicted octanol–water partition coefficient (Wildman–Crippen LogP) is 6.19. The second kappa shape index (κ2) is 13.8. The van der Waals surface area contributed by atoms with Crippen LogP contribution in [0.1, 0.15) is 59.2 Å². The third-order valence-electron chi connectivity index (χ3n) is 5.32. The number of carboxylic acid groups (broad SMARTS) is 1. The Balaban J connectivity index is 0.000000196. The van der Waals surface area contributed by atoms with Gasteiger partial charge in [-0.3, -0.25) is 0 Å². The molecule has 2 fully saturated rings. The lowest BCUT2D eigenvalue weighted by Gasteiger charge is -2.24. The number of carbonyl (C=O) groups is 2. The number of ether oxygens (including phenoxy) is 5.